The van der Waals surface area contributed by atoms with Crippen LogP contribution in [0.25, 0.3) is 0 Å². The third kappa shape index (κ3) is 4.45. The molecule has 1 aromatic heterocycles. The van der Waals surface area contributed by atoms with E-state index in [2.05, 4.69) is 31.2 Å². The first-order valence-corrected chi connectivity index (χ1v) is 7.42. The lowest BCUT2D eigenvalue weighted by atomic mass is 10.0. The van der Waals surface area contributed by atoms with Crippen LogP contribution in [0.1, 0.15) is 69.7 Å². The van der Waals surface area contributed by atoms with E-state index in [1.54, 1.807) is 0 Å². The van der Waals surface area contributed by atoms with E-state index in [0.717, 1.165) is 6.54 Å². The maximum Gasteiger partial charge on any atom is 0.0540 e. The maximum atomic E-state index is 4.37. The molecule has 18 heavy (non-hydrogen) atoms. The van der Waals surface area contributed by atoms with Gasteiger partial charge in [-0.15, -0.1) is 0 Å². The summed E-state index contributed by atoms with van der Waals surface area (Å²) in [5.74, 6) is 0. The topological polar surface area (TPSA) is 29.9 Å². The van der Waals surface area contributed by atoms with Crippen LogP contribution in [0.3, 0.4) is 0 Å². The highest BCUT2D eigenvalue weighted by molar-refractivity contribution is 5.20. The van der Waals surface area contributed by atoms with Crippen LogP contribution in [-0.2, 0) is 7.05 Å². The van der Waals surface area contributed by atoms with Crippen molar-refractivity contribution in [2.75, 3.05) is 6.54 Å². The molecule has 1 rings (SSSR count). The lowest BCUT2D eigenvalue weighted by Gasteiger charge is -2.18. The predicted octanol–water partition coefficient (Wildman–Crippen LogP) is 3.74. The van der Waals surface area contributed by atoms with E-state index in [1.165, 1.54) is 49.8 Å². The molecule has 3 heteroatoms. The van der Waals surface area contributed by atoms with Crippen LogP contribution < -0.4 is 5.32 Å². The van der Waals surface area contributed by atoms with Crippen molar-refractivity contribution in [1.82, 2.24) is 15.1 Å². The van der Waals surface area contributed by atoms with E-state index < -0.39 is 0 Å². The van der Waals surface area contributed by atoms with Crippen molar-refractivity contribution in [2.24, 2.45) is 7.05 Å². The first-order valence-electron chi connectivity index (χ1n) is 7.42. The van der Waals surface area contributed by atoms with Crippen molar-refractivity contribution < 1.29 is 0 Å². The molecule has 3 nitrogen and oxygen atoms in total. The number of nitrogens with one attached hydrogen (secondary N) is 1. The summed E-state index contributed by atoms with van der Waals surface area (Å²) < 4.78 is 1.97. The van der Waals surface area contributed by atoms with Crippen molar-refractivity contribution in [1.29, 1.82) is 0 Å². The molecule has 0 saturated heterocycles. The van der Waals surface area contributed by atoms with Gasteiger partial charge in [-0.25, -0.2) is 0 Å². The molecule has 0 fully saturated rings. The van der Waals surface area contributed by atoms with Gasteiger partial charge >= 0.3 is 0 Å². The van der Waals surface area contributed by atoms with Crippen molar-refractivity contribution in [3.8, 4) is 0 Å². The molecular weight excluding hydrogens is 222 g/mol. The zero-order chi connectivity index (χ0) is 13.4. The largest absolute Gasteiger partial charge is 0.310 e. The lowest BCUT2D eigenvalue weighted by Crippen LogP contribution is -2.22. The second-order valence-corrected chi connectivity index (χ2v) is 5.16. The lowest BCUT2D eigenvalue weighted by molar-refractivity contribution is 0.468. The van der Waals surface area contributed by atoms with Crippen LogP contribution in [0.15, 0.2) is 6.20 Å². The Labute approximate surface area is 112 Å². The fourth-order valence-corrected chi connectivity index (χ4v) is 2.32. The summed E-state index contributed by atoms with van der Waals surface area (Å²) in [4.78, 5) is 0. The number of unbranched alkanes of at least 4 members (excludes halogenated alkanes) is 3. The van der Waals surface area contributed by atoms with Gasteiger partial charge in [-0.3, -0.25) is 4.68 Å². The first-order chi connectivity index (χ1) is 8.70. The molecule has 1 unspecified atom stereocenters. The summed E-state index contributed by atoms with van der Waals surface area (Å²) in [6, 6.07) is 0.482. The van der Waals surface area contributed by atoms with E-state index in [-0.39, 0.29) is 0 Å². The molecule has 0 aliphatic carbocycles. The zero-order valence-corrected chi connectivity index (χ0v) is 12.5. The Morgan fingerprint density at radius 1 is 1.22 bits per heavy atom. The molecule has 0 bridgehead atoms. The number of aromatic nitrogens is 2. The minimum Gasteiger partial charge on any atom is -0.310 e. The molecule has 1 N–H and O–H groups in total. The second kappa shape index (κ2) is 8.30. The van der Waals surface area contributed by atoms with Gasteiger partial charge in [-0.1, -0.05) is 39.5 Å². The second-order valence-electron chi connectivity index (χ2n) is 5.16. The Balaban J connectivity index is 2.57. The van der Waals surface area contributed by atoms with Gasteiger partial charge in [0.25, 0.3) is 0 Å². The van der Waals surface area contributed by atoms with Crippen LogP contribution in [0.4, 0.5) is 0 Å². The molecule has 104 valence electrons. The van der Waals surface area contributed by atoms with Gasteiger partial charge in [-0.2, -0.15) is 5.10 Å². The summed E-state index contributed by atoms with van der Waals surface area (Å²) in [7, 11) is 2.02. The fourth-order valence-electron chi connectivity index (χ4n) is 2.32. The van der Waals surface area contributed by atoms with E-state index in [1.807, 2.05) is 17.9 Å². The molecule has 1 atom stereocenters. The molecule has 0 amide bonds. The monoisotopic (exact) mass is 251 g/mol. The SMILES string of the molecule is CCCCCCC(NCCC)c1cnn(C)c1C. The van der Waals surface area contributed by atoms with Crippen LogP contribution >= 0.6 is 0 Å². The third-order valence-electron chi connectivity index (χ3n) is 3.64. The van der Waals surface area contributed by atoms with Gasteiger partial charge in [0.05, 0.1) is 6.20 Å². The highest BCUT2D eigenvalue weighted by Gasteiger charge is 2.15. The molecule has 0 radical (unpaired) electrons. The highest BCUT2D eigenvalue weighted by atomic mass is 15.3. The van der Waals surface area contributed by atoms with Crippen LogP contribution in [0.5, 0.6) is 0 Å². The molecule has 0 aliphatic rings. The Hall–Kier alpha value is -0.830. The summed E-state index contributed by atoms with van der Waals surface area (Å²) in [5.41, 5.74) is 2.67. The fraction of sp³-hybridized carbons (Fsp3) is 0.800. The molecular formula is C15H29N3. The van der Waals surface area contributed by atoms with Gasteiger partial charge in [-0.05, 0) is 26.3 Å². The number of nitrogens with zero attached hydrogens (tertiary/aromatic N) is 2. The van der Waals surface area contributed by atoms with Crippen molar-refractivity contribution >= 4 is 0 Å². The van der Waals surface area contributed by atoms with Crippen LogP contribution in [-0.4, -0.2) is 16.3 Å². The van der Waals surface area contributed by atoms with Gasteiger partial charge in [0.15, 0.2) is 0 Å². The van der Waals surface area contributed by atoms with E-state index in [0.29, 0.717) is 6.04 Å². The number of aryl methyl sites for hydroxylation is 1. The molecule has 0 aromatic carbocycles. The zero-order valence-electron chi connectivity index (χ0n) is 12.5. The number of hydrogen-bond acceptors (Lipinski definition) is 2. The molecule has 0 spiro atoms. The van der Waals surface area contributed by atoms with Crippen molar-refractivity contribution in [3.63, 3.8) is 0 Å². The Bertz CT molecular complexity index is 330. The molecule has 1 aromatic rings. The first kappa shape index (κ1) is 15.2. The van der Waals surface area contributed by atoms with Gasteiger partial charge in [0, 0.05) is 24.3 Å². The van der Waals surface area contributed by atoms with E-state index in [4.69, 9.17) is 0 Å². The van der Waals surface area contributed by atoms with Crippen molar-refractivity contribution in [3.05, 3.63) is 17.5 Å². The Kier molecular flexibility index (Phi) is 7.02. The third-order valence-corrected chi connectivity index (χ3v) is 3.64. The van der Waals surface area contributed by atoms with Crippen molar-refractivity contribution in [2.45, 2.75) is 65.3 Å². The summed E-state index contributed by atoms with van der Waals surface area (Å²) in [6.07, 6.45) is 9.76. The standard InChI is InChI=1S/C15H29N3/c1-5-7-8-9-10-15(16-11-6-2)14-12-17-18(4)13(14)3/h12,15-16H,5-11H2,1-4H3. The quantitative estimate of drug-likeness (QED) is 0.678. The van der Waals surface area contributed by atoms with Gasteiger partial charge < -0.3 is 5.32 Å². The van der Waals surface area contributed by atoms with E-state index in [9.17, 15) is 0 Å². The Morgan fingerprint density at radius 2 is 2.00 bits per heavy atom. The molecule has 0 saturated carbocycles. The van der Waals surface area contributed by atoms with Crippen LogP contribution in [0.2, 0.25) is 0 Å². The summed E-state index contributed by atoms with van der Waals surface area (Å²) >= 11 is 0. The average molecular weight is 251 g/mol. The minimum absolute atomic E-state index is 0.482. The molecule has 0 aliphatic heterocycles. The summed E-state index contributed by atoms with van der Waals surface area (Å²) in [5, 5.41) is 8.03. The normalized spacial score (nSPS) is 12.9. The van der Waals surface area contributed by atoms with Crippen LogP contribution in [0, 0.1) is 6.92 Å². The smallest absolute Gasteiger partial charge is 0.0540 e. The average Bonchev–Trinajstić information content (AvgIpc) is 2.70. The highest BCUT2D eigenvalue weighted by Crippen LogP contribution is 2.22. The predicted molar refractivity (Wildman–Crippen MR) is 77.7 cm³/mol. The summed E-state index contributed by atoms with van der Waals surface area (Å²) in [6.45, 7) is 7.73. The minimum atomic E-state index is 0.482. The van der Waals surface area contributed by atoms with E-state index >= 15 is 0 Å². The van der Waals surface area contributed by atoms with Gasteiger partial charge in [0.2, 0.25) is 0 Å². The van der Waals surface area contributed by atoms with Gasteiger partial charge in [0.1, 0.15) is 0 Å². The Morgan fingerprint density at radius 3 is 2.56 bits per heavy atom. The number of rotatable bonds is 9. The molecule has 1 heterocycles. The maximum absolute atomic E-state index is 4.37. The number of hydrogen-bond donors (Lipinski definition) is 1.